The Labute approximate surface area is 205 Å². The Balaban J connectivity index is 1.73. The van der Waals surface area contributed by atoms with Crippen molar-refractivity contribution in [3.8, 4) is 0 Å². The number of anilines is 2. The molecule has 4 rings (SSSR count). The standard InChI is InChI=1S/C23H31IN4O2S2/c1-15(2)32(29,30)28-9-7-27(8-10-28)19-12-17(4)23-21(14-19)31(24)20-13-18(26(5)6)11-16(3)22(20)25-23/h11-15H,7-10H2,1-6H3. The summed E-state index contributed by atoms with van der Waals surface area (Å²) in [7, 11) is 0.832. The Kier molecular flexibility index (Phi) is 6.65. The van der Waals surface area contributed by atoms with Crippen molar-refractivity contribution < 1.29 is 8.42 Å². The summed E-state index contributed by atoms with van der Waals surface area (Å²) in [6, 6.07) is 8.95. The van der Waals surface area contributed by atoms with Crippen molar-refractivity contribution >= 4 is 55.9 Å². The van der Waals surface area contributed by atoms with Crippen LogP contribution >= 0.6 is 28.9 Å². The molecule has 1 unspecified atom stereocenters. The lowest BCUT2D eigenvalue weighted by Crippen LogP contribution is -2.50. The number of aryl methyl sites for hydroxylation is 2. The smallest absolute Gasteiger partial charge is 0.216 e. The normalized spacial score (nSPS) is 18.9. The Morgan fingerprint density at radius 2 is 1.69 bits per heavy atom. The largest absolute Gasteiger partial charge is 0.378 e. The van der Waals surface area contributed by atoms with E-state index in [0.29, 0.717) is 26.2 Å². The predicted octanol–water partition coefficient (Wildman–Crippen LogP) is 4.42. The average Bonchev–Trinajstić information content (AvgIpc) is 2.74. The van der Waals surface area contributed by atoms with Gasteiger partial charge in [-0.25, -0.2) is 13.4 Å². The van der Waals surface area contributed by atoms with Gasteiger partial charge >= 0.3 is 0 Å². The molecule has 1 atom stereocenters. The van der Waals surface area contributed by atoms with Crippen LogP contribution in [-0.2, 0) is 10.0 Å². The van der Waals surface area contributed by atoms with Crippen LogP contribution in [0.25, 0.3) is 0 Å². The summed E-state index contributed by atoms with van der Waals surface area (Å²) in [6.07, 6.45) is 0. The van der Waals surface area contributed by atoms with Crippen LogP contribution in [0.1, 0.15) is 25.0 Å². The van der Waals surface area contributed by atoms with Crippen LogP contribution in [0.15, 0.2) is 34.2 Å². The molecule has 0 N–H and O–H groups in total. The van der Waals surface area contributed by atoms with Gasteiger partial charge in [0.25, 0.3) is 0 Å². The summed E-state index contributed by atoms with van der Waals surface area (Å²) in [6.45, 7) is 10.3. The minimum atomic E-state index is -3.20. The highest BCUT2D eigenvalue weighted by atomic mass is 127. The van der Waals surface area contributed by atoms with Crippen molar-refractivity contribution in [3.63, 3.8) is 0 Å². The number of fused-ring (bicyclic) bond motifs is 2. The maximum Gasteiger partial charge on any atom is 0.216 e. The molecule has 2 aromatic rings. The van der Waals surface area contributed by atoms with Crippen LogP contribution in [-0.4, -0.2) is 58.2 Å². The van der Waals surface area contributed by atoms with E-state index in [4.69, 9.17) is 4.99 Å². The third-order valence-corrected chi connectivity index (χ3v) is 12.7. The van der Waals surface area contributed by atoms with Gasteiger partial charge in [0.2, 0.25) is 10.0 Å². The SMILES string of the molecule is Cc1cc(N(C)C)cc2c1N=c1c(C)cc(N3CCN(S(=O)(=O)C(C)C)CC3)cc1=S2I. The molecule has 0 spiro atoms. The third kappa shape index (κ3) is 4.21. The molecule has 0 amide bonds. The monoisotopic (exact) mass is 586 g/mol. The first kappa shape index (κ1) is 24.0. The molecule has 0 radical (unpaired) electrons. The highest BCUT2D eigenvalue weighted by Crippen LogP contribution is 2.47. The van der Waals surface area contributed by atoms with Gasteiger partial charge in [-0.15, -0.1) is 0 Å². The van der Waals surface area contributed by atoms with Crippen molar-refractivity contribution in [1.82, 2.24) is 4.31 Å². The maximum atomic E-state index is 12.5. The minimum absolute atomic E-state index is 0.113. The molecule has 2 aliphatic rings. The van der Waals surface area contributed by atoms with Crippen LogP contribution in [0.3, 0.4) is 0 Å². The minimum Gasteiger partial charge on any atom is -0.378 e. The second kappa shape index (κ2) is 8.88. The zero-order chi connectivity index (χ0) is 23.4. The molecule has 1 saturated heterocycles. The number of sulfonamides is 1. The van der Waals surface area contributed by atoms with Crippen molar-refractivity contribution in [2.75, 3.05) is 50.1 Å². The number of benzene rings is 2. The number of halogens is 1. The molecule has 0 bridgehead atoms. The Morgan fingerprint density at radius 3 is 2.28 bits per heavy atom. The van der Waals surface area contributed by atoms with E-state index in [9.17, 15) is 8.42 Å². The first-order chi connectivity index (χ1) is 15.0. The molecule has 1 fully saturated rings. The molecule has 0 saturated carbocycles. The summed E-state index contributed by atoms with van der Waals surface area (Å²) in [5.74, 6) is 0. The third-order valence-electron chi connectivity index (χ3n) is 6.19. The van der Waals surface area contributed by atoms with Gasteiger partial charge in [-0.1, -0.05) is 7.66 Å². The molecule has 6 nitrogen and oxygen atoms in total. The quantitative estimate of drug-likeness (QED) is 0.393. The van der Waals surface area contributed by atoms with E-state index >= 15 is 0 Å². The highest BCUT2D eigenvalue weighted by molar-refractivity contribution is 14.2. The van der Waals surface area contributed by atoms with Gasteiger partial charge in [-0.2, -0.15) is 4.31 Å². The second-order valence-corrected chi connectivity index (χ2v) is 15.5. The fraction of sp³-hybridized carbons (Fsp3) is 0.478. The van der Waals surface area contributed by atoms with Crippen LogP contribution in [0.4, 0.5) is 17.1 Å². The molecule has 2 aromatic carbocycles. The number of rotatable bonds is 4. The van der Waals surface area contributed by atoms with Gasteiger partial charge in [0, 0.05) is 61.1 Å². The number of nitrogens with zero attached hydrogens (tertiary/aromatic N) is 4. The molecule has 32 heavy (non-hydrogen) atoms. The summed E-state index contributed by atoms with van der Waals surface area (Å²) in [5.41, 5.74) is 5.84. The van der Waals surface area contributed by atoms with E-state index in [1.807, 2.05) is 0 Å². The van der Waals surface area contributed by atoms with Crippen LogP contribution in [0.5, 0.6) is 0 Å². The lowest BCUT2D eigenvalue weighted by Gasteiger charge is -2.36. The van der Waals surface area contributed by atoms with Gasteiger partial charge in [0.1, 0.15) is 0 Å². The molecule has 0 aromatic heterocycles. The molecule has 2 heterocycles. The number of hydrogen-bond donors (Lipinski definition) is 0. The molecule has 0 aliphatic carbocycles. The lowest BCUT2D eigenvalue weighted by molar-refractivity contribution is 0.381. The molecular weight excluding hydrogens is 555 g/mol. The van der Waals surface area contributed by atoms with Crippen molar-refractivity contribution in [2.45, 2.75) is 37.8 Å². The average molecular weight is 587 g/mol. The zero-order valence-electron chi connectivity index (χ0n) is 19.5. The zero-order valence-corrected chi connectivity index (χ0v) is 23.3. The molecular formula is C23H31IN4O2S2. The van der Waals surface area contributed by atoms with E-state index in [-0.39, 0.29) is 12.9 Å². The first-order valence-electron chi connectivity index (χ1n) is 10.8. The van der Waals surface area contributed by atoms with E-state index < -0.39 is 10.0 Å². The van der Waals surface area contributed by atoms with Crippen molar-refractivity contribution in [2.24, 2.45) is 4.99 Å². The fourth-order valence-electron chi connectivity index (χ4n) is 4.19. The second-order valence-electron chi connectivity index (χ2n) is 8.96. The number of piperazine rings is 1. The molecule has 174 valence electrons. The predicted molar refractivity (Wildman–Crippen MR) is 144 cm³/mol. The lowest BCUT2D eigenvalue weighted by atomic mass is 10.1. The Morgan fingerprint density at radius 1 is 1.03 bits per heavy atom. The van der Waals surface area contributed by atoms with Gasteiger partial charge in [-0.05, 0) is 84.3 Å². The summed E-state index contributed by atoms with van der Waals surface area (Å²) in [4.78, 5) is 10.8. The van der Waals surface area contributed by atoms with Gasteiger partial charge < -0.3 is 9.80 Å². The van der Waals surface area contributed by atoms with E-state index in [0.717, 1.165) is 16.7 Å². The van der Waals surface area contributed by atoms with Gasteiger partial charge in [0.05, 0.1) is 16.3 Å². The van der Waals surface area contributed by atoms with Crippen molar-refractivity contribution in [3.05, 3.63) is 45.3 Å². The van der Waals surface area contributed by atoms with Gasteiger partial charge in [0.15, 0.2) is 0 Å². The van der Waals surface area contributed by atoms with Crippen LogP contribution in [0.2, 0.25) is 0 Å². The molecule has 2 aliphatic heterocycles. The fourth-order valence-corrected chi connectivity index (χ4v) is 8.91. The van der Waals surface area contributed by atoms with Gasteiger partial charge in [-0.3, -0.25) is 0 Å². The molecule has 9 heteroatoms. The van der Waals surface area contributed by atoms with Crippen LogP contribution < -0.4 is 15.2 Å². The van der Waals surface area contributed by atoms with Crippen LogP contribution in [0, 0.1) is 18.4 Å². The Hall–Kier alpha value is -1.17. The number of hydrogen-bond acceptors (Lipinski definition) is 5. The topological polar surface area (TPSA) is 56.2 Å². The summed E-state index contributed by atoms with van der Waals surface area (Å²) >= 11 is 2.56. The summed E-state index contributed by atoms with van der Waals surface area (Å²) < 4.78 is 28.0. The van der Waals surface area contributed by atoms with E-state index in [2.05, 4.69) is 83.2 Å². The van der Waals surface area contributed by atoms with E-state index in [1.165, 1.54) is 26.2 Å². The van der Waals surface area contributed by atoms with Crippen molar-refractivity contribution in [1.29, 1.82) is 0 Å². The van der Waals surface area contributed by atoms with E-state index in [1.54, 1.807) is 18.2 Å². The first-order valence-corrected chi connectivity index (χ1v) is 16.1. The Bertz CT molecular complexity index is 1300. The summed E-state index contributed by atoms with van der Waals surface area (Å²) in [5, 5.41) is 0.707. The maximum absolute atomic E-state index is 12.5. The highest BCUT2D eigenvalue weighted by Gasteiger charge is 2.29.